The summed E-state index contributed by atoms with van der Waals surface area (Å²) in [6, 6.07) is 0. The Kier molecular flexibility index (Phi) is 2.68. The summed E-state index contributed by atoms with van der Waals surface area (Å²) in [6.45, 7) is 4.70. The Hall–Kier alpha value is -1.62. The molecule has 1 aliphatic heterocycles. The van der Waals surface area contributed by atoms with Gasteiger partial charge in [-0.3, -0.25) is 0 Å². The van der Waals surface area contributed by atoms with Crippen LogP contribution >= 0.6 is 0 Å². The average molecular weight is 232 g/mol. The molecule has 1 N–H and O–H groups in total. The van der Waals surface area contributed by atoms with Gasteiger partial charge in [0.15, 0.2) is 0 Å². The molecule has 3 heterocycles. The Balaban J connectivity index is 1.81. The lowest BCUT2D eigenvalue weighted by atomic mass is 10.1. The lowest BCUT2D eigenvalue weighted by molar-refractivity contribution is 0.451. The fourth-order valence-corrected chi connectivity index (χ4v) is 2.33. The predicted molar refractivity (Wildman–Crippen MR) is 62.8 cm³/mol. The van der Waals surface area contributed by atoms with Gasteiger partial charge in [-0.1, -0.05) is 0 Å². The number of oxazole rings is 1. The van der Waals surface area contributed by atoms with Gasteiger partial charge in [0.2, 0.25) is 5.89 Å². The fourth-order valence-electron chi connectivity index (χ4n) is 2.33. The molecule has 1 saturated heterocycles. The predicted octanol–water partition coefficient (Wildman–Crippen LogP) is 1.30. The molecular formula is C12H16N4O. The van der Waals surface area contributed by atoms with Gasteiger partial charge in [-0.15, -0.1) is 0 Å². The SMILES string of the molecule is Cc1cnc(Cn2cncc2C2CCNC2)o1. The van der Waals surface area contributed by atoms with Crippen LogP contribution in [0.3, 0.4) is 0 Å². The molecule has 0 aromatic carbocycles. The molecule has 1 aliphatic rings. The Morgan fingerprint density at radius 2 is 2.47 bits per heavy atom. The van der Waals surface area contributed by atoms with Crippen LogP contribution in [0.15, 0.2) is 23.1 Å². The first-order valence-electron chi connectivity index (χ1n) is 5.95. The van der Waals surface area contributed by atoms with E-state index >= 15 is 0 Å². The van der Waals surface area contributed by atoms with E-state index in [0.717, 1.165) is 24.7 Å². The van der Waals surface area contributed by atoms with Crippen molar-refractivity contribution in [2.24, 2.45) is 0 Å². The number of hydrogen-bond acceptors (Lipinski definition) is 4. The van der Waals surface area contributed by atoms with E-state index in [1.807, 2.05) is 19.4 Å². The summed E-state index contributed by atoms with van der Waals surface area (Å²) in [5.74, 6) is 2.16. The molecule has 0 spiro atoms. The first-order valence-corrected chi connectivity index (χ1v) is 5.95. The molecule has 0 bridgehead atoms. The number of nitrogens with one attached hydrogen (secondary N) is 1. The van der Waals surface area contributed by atoms with Crippen molar-refractivity contribution in [1.82, 2.24) is 19.9 Å². The van der Waals surface area contributed by atoms with E-state index in [9.17, 15) is 0 Å². The van der Waals surface area contributed by atoms with Crippen LogP contribution in [-0.4, -0.2) is 27.6 Å². The molecule has 90 valence electrons. The molecule has 0 radical (unpaired) electrons. The zero-order chi connectivity index (χ0) is 11.7. The average Bonchev–Trinajstić information content (AvgIpc) is 3.00. The van der Waals surface area contributed by atoms with E-state index in [2.05, 4.69) is 19.9 Å². The molecule has 5 heteroatoms. The van der Waals surface area contributed by atoms with Crippen LogP contribution in [0, 0.1) is 6.92 Å². The minimum Gasteiger partial charge on any atom is -0.444 e. The van der Waals surface area contributed by atoms with Crippen molar-refractivity contribution in [2.75, 3.05) is 13.1 Å². The van der Waals surface area contributed by atoms with Crippen molar-refractivity contribution in [3.8, 4) is 0 Å². The summed E-state index contributed by atoms with van der Waals surface area (Å²) < 4.78 is 7.63. The van der Waals surface area contributed by atoms with Gasteiger partial charge in [-0.25, -0.2) is 9.97 Å². The van der Waals surface area contributed by atoms with Crippen molar-refractivity contribution in [2.45, 2.75) is 25.8 Å². The zero-order valence-electron chi connectivity index (χ0n) is 9.89. The maximum Gasteiger partial charge on any atom is 0.214 e. The van der Waals surface area contributed by atoms with Crippen LogP contribution in [-0.2, 0) is 6.54 Å². The van der Waals surface area contributed by atoms with Crippen LogP contribution in [0.25, 0.3) is 0 Å². The quantitative estimate of drug-likeness (QED) is 0.866. The highest BCUT2D eigenvalue weighted by Gasteiger charge is 2.20. The minimum atomic E-state index is 0.563. The van der Waals surface area contributed by atoms with E-state index in [0.29, 0.717) is 12.5 Å². The lowest BCUT2D eigenvalue weighted by Crippen LogP contribution is -2.12. The lowest BCUT2D eigenvalue weighted by Gasteiger charge is -2.11. The second-order valence-electron chi connectivity index (χ2n) is 4.50. The molecular weight excluding hydrogens is 216 g/mol. The van der Waals surface area contributed by atoms with Gasteiger partial charge in [0.1, 0.15) is 12.3 Å². The number of rotatable bonds is 3. The summed E-state index contributed by atoms with van der Waals surface area (Å²) in [4.78, 5) is 8.46. The smallest absolute Gasteiger partial charge is 0.214 e. The second-order valence-corrected chi connectivity index (χ2v) is 4.50. The van der Waals surface area contributed by atoms with Crippen molar-refractivity contribution in [1.29, 1.82) is 0 Å². The third kappa shape index (κ3) is 2.10. The molecule has 1 atom stereocenters. The topological polar surface area (TPSA) is 55.9 Å². The first-order chi connectivity index (χ1) is 8.33. The normalized spacial score (nSPS) is 19.9. The molecule has 5 nitrogen and oxygen atoms in total. The largest absolute Gasteiger partial charge is 0.444 e. The van der Waals surface area contributed by atoms with Gasteiger partial charge in [0.05, 0.1) is 12.5 Å². The van der Waals surface area contributed by atoms with E-state index < -0.39 is 0 Å². The standard InChI is InChI=1S/C12H16N4O/c1-9-4-15-12(17-9)7-16-8-14-6-11(16)10-2-3-13-5-10/h4,6,8,10,13H,2-3,5,7H2,1H3. The number of nitrogens with zero attached hydrogens (tertiary/aromatic N) is 3. The molecule has 0 aliphatic carbocycles. The molecule has 1 fully saturated rings. The number of aromatic nitrogens is 3. The molecule has 0 amide bonds. The van der Waals surface area contributed by atoms with Crippen molar-refractivity contribution >= 4 is 0 Å². The highest BCUT2D eigenvalue weighted by Crippen LogP contribution is 2.22. The van der Waals surface area contributed by atoms with Crippen molar-refractivity contribution in [3.63, 3.8) is 0 Å². The van der Waals surface area contributed by atoms with Gasteiger partial charge < -0.3 is 14.3 Å². The highest BCUT2D eigenvalue weighted by molar-refractivity contribution is 5.10. The summed E-state index contributed by atoms with van der Waals surface area (Å²) in [7, 11) is 0. The third-order valence-corrected chi connectivity index (χ3v) is 3.20. The van der Waals surface area contributed by atoms with Gasteiger partial charge >= 0.3 is 0 Å². The summed E-state index contributed by atoms with van der Waals surface area (Å²) in [6.07, 6.45) is 6.74. The number of hydrogen-bond donors (Lipinski definition) is 1. The third-order valence-electron chi connectivity index (χ3n) is 3.20. The van der Waals surface area contributed by atoms with Crippen molar-refractivity contribution < 1.29 is 4.42 Å². The van der Waals surface area contributed by atoms with Crippen LogP contribution < -0.4 is 5.32 Å². The van der Waals surface area contributed by atoms with E-state index in [1.54, 1.807) is 6.20 Å². The zero-order valence-corrected chi connectivity index (χ0v) is 9.89. The Morgan fingerprint density at radius 1 is 1.53 bits per heavy atom. The first kappa shape index (κ1) is 10.5. The van der Waals surface area contributed by atoms with Gasteiger partial charge in [-0.05, 0) is 19.9 Å². The van der Waals surface area contributed by atoms with Crippen LogP contribution in [0.2, 0.25) is 0 Å². The Bertz CT molecular complexity index is 496. The molecule has 0 saturated carbocycles. The molecule has 3 rings (SSSR count). The van der Waals surface area contributed by atoms with Gasteiger partial charge in [-0.2, -0.15) is 0 Å². The second kappa shape index (κ2) is 4.33. The van der Waals surface area contributed by atoms with Gasteiger partial charge in [0, 0.05) is 24.4 Å². The Morgan fingerprint density at radius 3 is 3.18 bits per heavy atom. The molecule has 17 heavy (non-hydrogen) atoms. The number of imidazole rings is 1. The van der Waals surface area contributed by atoms with Crippen LogP contribution in [0.1, 0.15) is 29.7 Å². The molecule has 2 aromatic heterocycles. The minimum absolute atomic E-state index is 0.563. The maximum absolute atomic E-state index is 5.50. The van der Waals surface area contributed by atoms with E-state index in [1.165, 1.54) is 12.1 Å². The molecule has 1 unspecified atom stereocenters. The maximum atomic E-state index is 5.50. The van der Waals surface area contributed by atoms with E-state index in [4.69, 9.17) is 4.42 Å². The monoisotopic (exact) mass is 232 g/mol. The van der Waals surface area contributed by atoms with Gasteiger partial charge in [0.25, 0.3) is 0 Å². The fraction of sp³-hybridized carbons (Fsp3) is 0.500. The van der Waals surface area contributed by atoms with Crippen LogP contribution in [0.4, 0.5) is 0 Å². The Labute approximate surface area is 99.9 Å². The highest BCUT2D eigenvalue weighted by atomic mass is 16.4. The van der Waals surface area contributed by atoms with E-state index in [-0.39, 0.29) is 0 Å². The summed E-state index contributed by atoms with van der Waals surface area (Å²) in [5.41, 5.74) is 1.27. The summed E-state index contributed by atoms with van der Waals surface area (Å²) in [5, 5.41) is 3.38. The van der Waals surface area contributed by atoms with Crippen LogP contribution in [0.5, 0.6) is 0 Å². The summed E-state index contributed by atoms with van der Waals surface area (Å²) >= 11 is 0. The molecule has 2 aromatic rings. The number of aryl methyl sites for hydroxylation is 1. The van der Waals surface area contributed by atoms with Crippen molar-refractivity contribution in [3.05, 3.63) is 36.1 Å².